The van der Waals surface area contributed by atoms with Crippen molar-refractivity contribution in [2.75, 3.05) is 4.81 Å². The summed E-state index contributed by atoms with van der Waals surface area (Å²) >= 11 is 0. The summed E-state index contributed by atoms with van der Waals surface area (Å²) in [6.07, 6.45) is 2.38. The van der Waals surface area contributed by atoms with E-state index in [1.54, 1.807) is 0 Å². The van der Waals surface area contributed by atoms with Crippen LogP contribution in [0, 0.1) is 0 Å². The Balaban J connectivity index is 1.17. The minimum Gasteiger partial charge on any atom is -0.455 e. The van der Waals surface area contributed by atoms with E-state index in [4.69, 9.17) is 4.42 Å². The minimum atomic E-state index is -0.227. The molecule has 0 fully saturated rings. The second-order valence-corrected chi connectivity index (χ2v) is 25.6. The van der Waals surface area contributed by atoms with Crippen molar-refractivity contribution >= 4 is 72.9 Å². The summed E-state index contributed by atoms with van der Waals surface area (Å²) in [4.78, 5) is 2.73. The molecule has 0 saturated carbocycles. The lowest BCUT2D eigenvalue weighted by molar-refractivity contribution is 0.331. The van der Waals surface area contributed by atoms with Gasteiger partial charge in [-0.25, -0.2) is 0 Å². The van der Waals surface area contributed by atoms with Gasteiger partial charge in [0.1, 0.15) is 11.2 Å². The predicted molar refractivity (Wildman–Crippen MR) is 303 cm³/mol. The molecule has 8 aromatic carbocycles. The maximum absolute atomic E-state index is 7.44. The van der Waals surface area contributed by atoms with Crippen molar-refractivity contribution in [3.05, 3.63) is 173 Å². The summed E-state index contributed by atoms with van der Waals surface area (Å²) in [6.45, 7) is 28.7. The topological polar surface area (TPSA) is 21.3 Å². The van der Waals surface area contributed by atoms with E-state index in [9.17, 15) is 0 Å². The zero-order valence-corrected chi connectivity index (χ0v) is 43.6. The van der Waals surface area contributed by atoms with E-state index >= 15 is 0 Å². The van der Waals surface area contributed by atoms with Crippen LogP contribution in [-0.2, 0) is 27.1 Å². The molecule has 4 aliphatic rings. The number of nitrogens with zero attached hydrogens (tertiary/aromatic N) is 2. The molecule has 14 rings (SSSR count). The van der Waals surface area contributed by atoms with E-state index in [0.29, 0.717) is 0 Å². The summed E-state index contributed by atoms with van der Waals surface area (Å²) in [6, 6.07) is 54.1. The molecule has 350 valence electrons. The van der Waals surface area contributed by atoms with Crippen molar-refractivity contribution in [1.29, 1.82) is 0 Å². The summed E-state index contributed by atoms with van der Waals surface area (Å²) in [7, 11) is 0. The van der Waals surface area contributed by atoms with Crippen molar-refractivity contribution in [1.82, 2.24) is 4.57 Å². The van der Waals surface area contributed by atoms with Gasteiger partial charge in [-0.1, -0.05) is 168 Å². The Morgan fingerprint density at radius 1 is 0.521 bits per heavy atom. The van der Waals surface area contributed by atoms with Gasteiger partial charge in [0.25, 0.3) is 0 Å². The molecule has 2 aliphatic carbocycles. The molecule has 4 heterocycles. The van der Waals surface area contributed by atoms with E-state index in [1.165, 1.54) is 140 Å². The van der Waals surface area contributed by atoms with Crippen LogP contribution in [0.25, 0.3) is 82.8 Å². The number of para-hydroxylation sites is 1. The van der Waals surface area contributed by atoms with Crippen LogP contribution in [0.1, 0.15) is 129 Å². The fourth-order valence-electron chi connectivity index (χ4n) is 13.7. The third-order valence-electron chi connectivity index (χ3n) is 17.9. The van der Waals surface area contributed by atoms with Gasteiger partial charge in [-0.05, 0) is 156 Å². The van der Waals surface area contributed by atoms with Gasteiger partial charge in [0.2, 0.25) is 0 Å². The molecule has 4 heteroatoms. The zero-order chi connectivity index (χ0) is 49.1. The highest BCUT2D eigenvalue weighted by atomic mass is 16.3. The van der Waals surface area contributed by atoms with Crippen LogP contribution >= 0.6 is 0 Å². The van der Waals surface area contributed by atoms with Crippen molar-refractivity contribution in [3.8, 4) is 39.1 Å². The first kappa shape index (κ1) is 43.0. The molecule has 71 heavy (non-hydrogen) atoms. The Morgan fingerprint density at radius 2 is 1.14 bits per heavy atom. The maximum atomic E-state index is 7.44. The molecule has 10 aromatic rings. The summed E-state index contributed by atoms with van der Waals surface area (Å²) in [5, 5.41) is 4.94. The average molecular weight is 923 g/mol. The number of rotatable bonds is 2. The van der Waals surface area contributed by atoms with Gasteiger partial charge >= 0.3 is 6.85 Å². The summed E-state index contributed by atoms with van der Waals surface area (Å²) in [5.74, 6) is 0. The number of aromatic nitrogens is 1. The number of benzene rings is 8. The Hall–Kier alpha value is -6.78. The van der Waals surface area contributed by atoms with E-state index in [-0.39, 0.29) is 33.9 Å². The number of anilines is 2. The van der Waals surface area contributed by atoms with Crippen LogP contribution in [0.4, 0.5) is 11.4 Å². The van der Waals surface area contributed by atoms with Gasteiger partial charge in [-0.2, -0.15) is 0 Å². The fourth-order valence-corrected chi connectivity index (χ4v) is 13.7. The van der Waals surface area contributed by atoms with E-state index in [2.05, 4.69) is 232 Å². The molecular formula is C67H63BN2O. The first-order valence-corrected chi connectivity index (χ1v) is 26.2. The Bertz CT molecular complexity index is 3970. The van der Waals surface area contributed by atoms with Gasteiger partial charge in [-0.3, -0.25) is 0 Å². The smallest absolute Gasteiger partial charge is 0.333 e. The van der Waals surface area contributed by atoms with Gasteiger partial charge in [0.15, 0.2) is 0 Å². The number of hydrogen-bond acceptors (Lipinski definition) is 2. The van der Waals surface area contributed by atoms with E-state index in [0.717, 1.165) is 11.2 Å². The molecule has 0 spiro atoms. The maximum Gasteiger partial charge on any atom is 0.333 e. The lowest BCUT2D eigenvalue weighted by Gasteiger charge is -2.43. The van der Waals surface area contributed by atoms with Crippen molar-refractivity contribution in [2.24, 2.45) is 0 Å². The SMILES string of the molecule is CC(C)(C)c1ccc2c(c1)B1c3c(c4oc5ccccc5c4c4c5cc(C(C)(C)C)ccc5n-2c34)-c2cc3c(cc2N1c1ccc(-c2ccccc2)cc1)C(C)(C)c1cc2c(cc1-3)C(C)(C)CCC2(C)C. The highest BCUT2D eigenvalue weighted by Gasteiger charge is 2.49. The molecule has 2 aliphatic heterocycles. The van der Waals surface area contributed by atoms with Crippen molar-refractivity contribution < 1.29 is 4.42 Å². The van der Waals surface area contributed by atoms with Gasteiger partial charge in [0.05, 0.1) is 11.0 Å². The normalized spacial score (nSPS) is 16.9. The molecule has 3 nitrogen and oxygen atoms in total. The zero-order valence-electron chi connectivity index (χ0n) is 43.6. The number of hydrogen-bond donors (Lipinski definition) is 0. The first-order chi connectivity index (χ1) is 33.7. The van der Waals surface area contributed by atoms with Crippen LogP contribution < -0.4 is 15.7 Å². The molecule has 0 amide bonds. The standard InChI is InChI=1S/C67H63BN2O/c1-63(2,3)40-24-28-53-46(32-40)57-58-43-20-16-17-21-56(43)71-62(58)59-47-34-44-45-35-50-51(66(9,10)31-30-65(50,7)8)36-48(45)67(11,12)49(44)37-55(47)70(42-26-22-39(23-27-42)38-18-14-13-15-19-38)68-52-33-41(64(4,5)6)25-29-54(52)69(53)61(57)60(59)68/h13-29,32-37H,30-31H2,1-12H3. The number of furan rings is 1. The van der Waals surface area contributed by atoms with Crippen LogP contribution in [0.2, 0.25) is 0 Å². The van der Waals surface area contributed by atoms with E-state index in [1.807, 2.05) is 0 Å². The molecule has 0 N–H and O–H groups in total. The van der Waals surface area contributed by atoms with Gasteiger partial charge in [0, 0.05) is 55.1 Å². The van der Waals surface area contributed by atoms with Gasteiger partial charge < -0.3 is 13.8 Å². The molecule has 2 aromatic heterocycles. The molecule has 0 atom stereocenters. The highest BCUT2D eigenvalue weighted by molar-refractivity contribution is 6.94. The van der Waals surface area contributed by atoms with Crippen LogP contribution in [0.3, 0.4) is 0 Å². The van der Waals surface area contributed by atoms with Crippen LogP contribution in [0.5, 0.6) is 0 Å². The average Bonchev–Trinajstić information content (AvgIpc) is 3.96. The van der Waals surface area contributed by atoms with Gasteiger partial charge in [-0.15, -0.1) is 0 Å². The van der Waals surface area contributed by atoms with Crippen molar-refractivity contribution in [2.45, 2.75) is 123 Å². The largest absolute Gasteiger partial charge is 0.455 e. The third kappa shape index (κ3) is 5.74. The van der Waals surface area contributed by atoms with Crippen molar-refractivity contribution in [3.63, 3.8) is 0 Å². The Kier molecular flexibility index (Phi) is 8.36. The van der Waals surface area contributed by atoms with E-state index < -0.39 is 0 Å². The van der Waals surface area contributed by atoms with Crippen LogP contribution in [0.15, 0.2) is 144 Å². The fraction of sp³-hybridized carbons (Fsp3) is 0.284. The third-order valence-corrected chi connectivity index (χ3v) is 17.9. The predicted octanol–water partition coefficient (Wildman–Crippen LogP) is 16.8. The second-order valence-electron chi connectivity index (χ2n) is 25.6. The summed E-state index contributed by atoms with van der Waals surface area (Å²) < 4.78 is 10.1. The number of fused-ring (bicyclic) bond motifs is 17. The Labute approximate surface area is 419 Å². The molecule has 0 unspecified atom stereocenters. The molecule has 0 saturated heterocycles. The summed E-state index contributed by atoms with van der Waals surface area (Å²) in [5.41, 5.74) is 26.8. The minimum absolute atomic E-state index is 0.0348. The lowest BCUT2D eigenvalue weighted by Crippen LogP contribution is -2.60. The molecular weight excluding hydrogens is 860 g/mol. The first-order valence-electron chi connectivity index (χ1n) is 26.2. The molecule has 0 radical (unpaired) electrons. The quantitative estimate of drug-likeness (QED) is 0.161. The Morgan fingerprint density at radius 3 is 1.86 bits per heavy atom. The monoisotopic (exact) mass is 923 g/mol. The molecule has 0 bridgehead atoms. The van der Waals surface area contributed by atoms with Crippen LogP contribution in [-0.4, -0.2) is 11.4 Å². The highest BCUT2D eigenvalue weighted by Crippen LogP contribution is 2.59. The second kappa shape index (κ2) is 13.8. The lowest BCUT2D eigenvalue weighted by atomic mass is 9.43.